The molecule has 0 spiro atoms. The normalized spacial score (nSPS) is 11.9. The quantitative estimate of drug-likeness (QED) is 0.460. The van der Waals surface area contributed by atoms with Crippen LogP contribution in [0.15, 0.2) is 0 Å². The Labute approximate surface area is 97.0 Å². The van der Waals surface area contributed by atoms with Crippen molar-refractivity contribution in [1.82, 2.24) is 10.6 Å². The first-order valence-corrected chi connectivity index (χ1v) is 5.83. The molecule has 2 amide bonds. The summed E-state index contributed by atoms with van der Waals surface area (Å²) in [7, 11) is 0. The molecule has 4 nitrogen and oxygen atoms in total. The van der Waals surface area contributed by atoms with Crippen LogP contribution in [0.25, 0.3) is 0 Å². The van der Waals surface area contributed by atoms with E-state index in [2.05, 4.69) is 17.6 Å². The van der Waals surface area contributed by atoms with Gasteiger partial charge in [0.15, 0.2) is 0 Å². The molecule has 0 saturated heterocycles. The second kappa shape index (κ2) is 8.47. The molecule has 0 aliphatic heterocycles. The molecule has 1 atom stereocenters. The smallest absolute Gasteiger partial charge is 0.315 e. The lowest BCUT2D eigenvalue weighted by Crippen LogP contribution is -2.43. The van der Waals surface area contributed by atoms with Gasteiger partial charge in [0, 0.05) is 19.0 Å². The molecule has 0 aromatic rings. The van der Waals surface area contributed by atoms with E-state index in [-0.39, 0.29) is 12.1 Å². The molecule has 0 aromatic heterocycles. The summed E-state index contributed by atoms with van der Waals surface area (Å²) in [5, 5.41) is 5.63. The minimum atomic E-state index is -0.133. The van der Waals surface area contributed by atoms with E-state index in [4.69, 9.17) is 18.0 Å². The lowest BCUT2D eigenvalue weighted by Gasteiger charge is -2.16. The Hall–Kier alpha value is -0.840. The summed E-state index contributed by atoms with van der Waals surface area (Å²) < 4.78 is 0. The predicted octanol–water partition coefficient (Wildman–Crippen LogP) is 1.54. The average molecular weight is 231 g/mol. The molecule has 0 aromatic carbocycles. The van der Waals surface area contributed by atoms with Gasteiger partial charge in [-0.15, -0.1) is 0 Å². The zero-order valence-electron chi connectivity index (χ0n) is 9.51. The summed E-state index contributed by atoms with van der Waals surface area (Å²) >= 11 is 4.80. The van der Waals surface area contributed by atoms with Crippen molar-refractivity contribution >= 4 is 23.2 Å². The van der Waals surface area contributed by atoms with E-state index in [9.17, 15) is 4.79 Å². The van der Waals surface area contributed by atoms with Crippen molar-refractivity contribution in [3.8, 4) is 0 Å². The van der Waals surface area contributed by atoms with Gasteiger partial charge in [-0.25, -0.2) is 4.79 Å². The molecule has 5 heteroatoms. The van der Waals surface area contributed by atoms with E-state index >= 15 is 0 Å². The van der Waals surface area contributed by atoms with Crippen molar-refractivity contribution in [2.45, 2.75) is 45.6 Å². The molecular formula is C10H21N3OS. The number of carbonyl (C=O) groups excluding carboxylic acids is 1. The number of thiocarbonyl (C=S) groups is 1. The van der Waals surface area contributed by atoms with Crippen LogP contribution in [0, 0.1) is 0 Å². The van der Waals surface area contributed by atoms with Crippen LogP contribution in [-0.2, 0) is 0 Å². The minimum absolute atomic E-state index is 0.0455. The summed E-state index contributed by atoms with van der Waals surface area (Å²) in [5.74, 6) is 0. The molecule has 0 aliphatic carbocycles. The summed E-state index contributed by atoms with van der Waals surface area (Å²) in [5.41, 5.74) is 5.43. The first-order valence-electron chi connectivity index (χ1n) is 5.42. The van der Waals surface area contributed by atoms with Crippen LogP contribution in [0.1, 0.15) is 39.5 Å². The van der Waals surface area contributed by atoms with Gasteiger partial charge in [0.1, 0.15) is 0 Å². The highest BCUT2D eigenvalue weighted by atomic mass is 32.1. The fraction of sp³-hybridized carbons (Fsp3) is 0.800. The van der Waals surface area contributed by atoms with E-state index in [0.717, 1.165) is 19.3 Å². The SMILES string of the molecule is CCCCNC(=O)NC(CC)CC(N)=S. The number of nitrogens with two attached hydrogens (primary N) is 1. The maximum atomic E-state index is 11.4. The largest absolute Gasteiger partial charge is 0.393 e. The van der Waals surface area contributed by atoms with Crippen molar-refractivity contribution in [2.75, 3.05) is 6.54 Å². The number of hydrogen-bond acceptors (Lipinski definition) is 2. The third kappa shape index (κ3) is 8.17. The van der Waals surface area contributed by atoms with E-state index in [1.165, 1.54) is 0 Å². The summed E-state index contributed by atoms with van der Waals surface area (Å²) in [6, 6.07) is -0.0873. The van der Waals surface area contributed by atoms with Crippen LogP contribution < -0.4 is 16.4 Å². The monoisotopic (exact) mass is 231 g/mol. The summed E-state index contributed by atoms with van der Waals surface area (Å²) in [4.78, 5) is 11.8. The van der Waals surface area contributed by atoms with Crippen LogP contribution in [0.3, 0.4) is 0 Å². The van der Waals surface area contributed by atoms with Crippen molar-refractivity contribution in [3.05, 3.63) is 0 Å². The molecule has 0 aliphatic rings. The zero-order valence-corrected chi connectivity index (χ0v) is 10.3. The van der Waals surface area contributed by atoms with Gasteiger partial charge in [-0.3, -0.25) is 0 Å². The molecule has 0 saturated carbocycles. The molecule has 15 heavy (non-hydrogen) atoms. The Bertz CT molecular complexity index is 209. The molecule has 0 rings (SSSR count). The highest BCUT2D eigenvalue weighted by Gasteiger charge is 2.10. The number of hydrogen-bond donors (Lipinski definition) is 3. The molecule has 1 unspecified atom stereocenters. The molecule has 0 bridgehead atoms. The molecule has 88 valence electrons. The number of rotatable bonds is 7. The fourth-order valence-electron chi connectivity index (χ4n) is 1.16. The van der Waals surface area contributed by atoms with Gasteiger partial charge in [0.2, 0.25) is 0 Å². The Balaban J connectivity index is 3.75. The third-order valence-corrected chi connectivity index (χ3v) is 2.26. The lowest BCUT2D eigenvalue weighted by molar-refractivity contribution is 0.236. The predicted molar refractivity (Wildman–Crippen MR) is 66.9 cm³/mol. The van der Waals surface area contributed by atoms with Crippen molar-refractivity contribution in [1.29, 1.82) is 0 Å². The Morgan fingerprint density at radius 2 is 2.13 bits per heavy atom. The van der Waals surface area contributed by atoms with E-state index in [1.807, 2.05) is 6.92 Å². The molecule has 0 radical (unpaired) electrons. The highest BCUT2D eigenvalue weighted by molar-refractivity contribution is 7.80. The topological polar surface area (TPSA) is 67.2 Å². The maximum Gasteiger partial charge on any atom is 0.315 e. The first-order chi connectivity index (χ1) is 7.10. The Morgan fingerprint density at radius 3 is 2.60 bits per heavy atom. The minimum Gasteiger partial charge on any atom is -0.393 e. The van der Waals surface area contributed by atoms with Crippen molar-refractivity contribution in [2.24, 2.45) is 5.73 Å². The number of unbranched alkanes of at least 4 members (excludes halogenated alkanes) is 1. The van der Waals surface area contributed by atoms with Crippen LogP contribution >= 0.6 is 12.2 Å². The van der Waals surface area contributed by atoms with E-state index in [1.54, 1.807) is 0 Å². The summed E-state index contributed by atoms with van der Waals surface area (Å²) in [6.07, 6.45) is 3.47. The van der Waals surface area contributed by atoms with Crippen LogP contribution in [0.5, 0.6) is 0 Å². The average Bonchev–Trinajstić information content (AvgIpc) is 2.16. The fourth-order valence-corrected chi connectivity index (χ4v) is 1.36. The standard InChI is InChI=1S/C10H21N3OS/c1-3-5-6-12-10(14)13-8(4-2)7-9(11)15/h8H,3-7H2,1-2H3,(H2,11,15)(H2,12,13,14). The third-order valence-electron chi connectivity index (χ3n) is 2.09. The Kier molecular flexibility index (Phi) is 7.99. The number of urea groups is 1. The first kappa shape index (κ1) is 14.2. The van der Waals surface area contributed by atoms with Crippen LogP contribution in [0.2, 0.25) is 0 Å². The molecule has 0 heterocycles. The highest BCUT2D eigenvalue weighted by Crippen LogP contribution is 1.97. The van der Waals surface area contributed by atoms with Crippen LogP contribution in [-0.4, -0.2) is 23.6 Å². The number of nitrogens with one attached hydrogen (secondary N) is 2. The van der Waals surface area contributed by atoms with Gasteiger partial charge >= 0.3 is 6.03 Å². The molecular weight excluding hydrogens is 210 g/mol. The van der Waals surface area contributed by atoms with Gasteiger partial charge in [0.25, 0.3) is 0 Å². The van der Waals surface area contributed by atoms with Crippen molar-refractivity contribution < 1.29 is 4.79 Å². The molecule has 0 fully saturated rings. The van der Waals surface area contributed by atoms with Crippen LogP contribution in [0.4, 0.5) is 4.79 Å². The van der Waals surface area contributed by atoms with Gasteiger partial charge in [-0.1, -0.05) is 32.5 Å². The lowest BCUT2D eigenvalue weighted by atomic mass is 10.1. The second-order valence-electron chi connectivity index (χ2n) is 3.53. The second-order valence-corrected chi connectivity index (χ2v) is 4.05. The maximum absolute atomic E-state index is 11.4. The van der Waals surface area contributed by atoms with Gasteiger partial charge < -0.3 is 16.4 Å². The zero-order chi connectivity index (χ0) is 11.7. The Morgan fingerprint density at radius 1 is 1.47 bits per heavy atom. The van der Waals surface area contributed by atoms with Crippen molar-refractivity contribution in [3.63, 3.8) is 0 Å². The van der Waals surface area contributed by atoms with Gasteiger partial charge in [-0.05, 0) is 12.8 Å². The van der Waals surface area contributed by atoms with E-state index in [0.29, 0.717) is 18.0 Å². The van der Waals surface area contributed by atoms with Gasteiger partial charge in [0.05, 0.1) is 4.99 Å². The summed E-state index contributed by atoms with van der Waals surface area (Å²) in [6.45, 7) is 4.79. The van der Waals surface area contributed by atoms with E-state index < -0.39 is 0 Å². The number of carbonyl (C=O) groups is 1. The molecule has 4 N–H and O–H groups in total. The number of amides is 2. The van der Waals surface area contributed by atoms with Gasteiger partial charge in [-0.2, -0.15) is 0 Å².